The summed E-state index contributed by atoms with van der Waals surface area (Å²) < 4.78 is 17.7. The fourth-order valence-electron chi connectivity index (χ4n) is 3.33. The van der Waals surface area contributed by atoms with E-state index in [1.807, 2.05) is 85.8 Å². The number of methoxy groups -OCH3 is 1. The molecule has 0 aliphatic carbocycles. The van der Waals surface area contributed by atoms with E-state index in [1.54, 1.807) is 7.11 Å². The standard InChI is InChI=1S/C25H28N2O3S/c1-19(14-21-10-7-13-24(16-21)30-2)26-25(28)27-23-12-6-11-22(15-23)18-31(29)17-20-8-4-3-5-9-20/h3-13,15-16,19H,14,17-18H2,1-2H3,(H2,26,27,28). The first-order valence-electron chi connectivity index (χ1n) is 10.2. The van der Waals surface area contributed by atoms with E-state index in [0.29, 0.717) is 23.6 Å². The van der Waals surface area contributed by atoms with E-state index < -0.39 is 10.8 Å². The summed E-state index contributed by atoms with van der Waals surface area (Å²) in [6.07, 6.45) is 0.698. The molecule has 0 fully saturated rings. The van der Waals surface area contributed by atoms with E-state index in [-0.39, 0.29) is 12.1 Å². The van der Waals surface area contributed by atoms with E-state index >= 15 is 0 Å². The highest BCUT2D eigenvalue weighted by atomic mass is 32.2. The molecule has 2 atom stereocenters. The van der Waals surface area contributed by atoms with Crippen LogP contribution in [0, 0.1) is 0 Å². The summed E-state index contributed by atoms with van der Waals surface area (Å²) in [5.74, 6) is 1.76. The molecule has 0 bridgehead atoms. The Balaban J connectivity index is 1.51. The van der Waals surface area contributed by atoms with Gasteiger partial charge in [0, 0.05) is 34.0 Å². The van der Waals surface area contributed by atoms with E-state index in [2.05, 4.69) is 10.6 Å². The third-order valence-corrected chi connectivity index (χ3v) is 6.05. The molecule has 162 valence electrons. The maximum Gasteiger partial charge on any atom is 0.319 e. The molecule has 5 nitrogen and oxygen atoms in total. The summed E-state index contributed by atoms with van der Waals surface area (Å²) in [5.41, 5.74) is 3.76. The average Bonchev–Trinajstić information content (AvgIpc) is 2.74. The molecule has 6 heteroatoms. The Morgan fingerprint density at radius 3 is 2.35 bits per heavy atom. The number of benzene rings is 3. The van der Waals surface area contributed by atoms with Crippen molar-refractivity contribution in [2.45, 2.75) is 30.9 Å². The van der Waals surface area contributed by atoms with Gasteiger partial charge in [0.1, 0.15) is 5.75 Å². The van der Waals surface area contributed by atoms with Gasteiger partial charge in [-0.2, -0.15) is 0 Å². The number of urea groups is 1. The summed E-state index contributed by atoms with van der Waals surface area (Å²) in [6, 6.07) is 24.8. The minimum absolute atomic E-state index is 0.0475. The fourth-order valence-corrected chi connectivity index (χ4v) is 4.55. The Hall–Kier alpha value is -3.12. The maximum absolute atomic E-state index is 12.5. The minimum atomic E-state index is -1.02. The number of rotatable bonds is 9. The van der Waals surface area contributed by atoms with Gasteiger partial charge in [0.15, 0.2) is 0 Å². The van der Waals surface area contributed by atoms with Crippen molar-refractivity contribution in [3.63, 3.8) is 0 Å². The predicted molar refractivity (Wildman–Crippen MR) is 127 cm³/mol. The van der Waals surface area contributed by atoms with Crippen molar-refractivity contribution < 1.29 is 13.7 Å². The first-order valence-corrected chi connectivity index (χ1v) is 11.7. The highest BCUT2D eigenvalue weighted by molar-refractivity contribution is 7.83. The van der Waals surface area contributed by atoms with Crippen LogP contribution in [-0.2, 0) is 28.7 Å². The molecule has 0 heterocycles. The first kappa shape index (κ1) is 22.6. The zero-order chi connectivity index (χ0) is 22.1. The topological polar surface area (TPSA) is 67.4 Å². The van der Waals surface area contributed by atoms with Crippen LogP contribution >= 0.6 is 0 Å². The molecule has 2 amide bonds. The molecule has 0 aromatic heterocycles. The third-order valence-electron chi connectivity index (χ3n) is 4.74. The van der Waals surface area contributed by atoms with Crippen molar-refractivity contribution in [1.82, 2.24) is 5.32 Å². The predicted octanol–water partition coefficient (Wildman–Crippen LogP) is 4.90. The van der Waals surface area contributed by atoms with Gasteiger partial charge in [-0.25, -0.2) is 4.79 Å². The molecule has 0 radical (unpaired) electrons. The van der Waals surface area contributed by atoms with Crippen LogP contribution in [0.25, 0.3) is 0 Å². The smallest absolute Gasteiger partial charge is 0.319 e. The lowest BCUT2D eigenvalue weighted by Crippen LogP contribution is -2.37. The van der Waals surface area contributed by atoms with Crippen LogP contribution in [0.4, 0.5) is 10.5 Å². The maximum atomic E-state index is 12.5. The summed E-state index contributed by atoms with van der Waals surface area (Å²) in [4.78, 5) is 12.4. The molecule has 3 aromatic carbocycles. The zero-order valence-corrected chi connectivity index (χ0v) is 18.7. The fraction of sp³-hybridized carbons (Fsp3) is 0.240. The Morgan fingerprint density at radius 1 is 0.903 bits per heavy atom. The average molecular weight is 437 g/mol. The summed E-state index contributed by atoms with van der Waals surface area (Å²) in [6.45, 7) is 1.96. The highest BCUT2D eigenvalue weighted by Crippen LogP contribution is 2.16. The van der Waals surface area contributed by atoms with E-state index in [0.717, 1.165) is 22.4 Å². The van der Waals surface area contributed by atoms with E-state index in [9.17, 15) is 9.00 Å². The molecule has 0 saturated carbocycles. The number of carbonyl (C=O) groups excluding carboxylic acids is 1. The molecular weight excluding hydrogens is 408 g/mol. The van der Waals surface area contributed by atoms with Gasteiger partial charge in [0.25, 0.3) is 0 Å². The number of hydrogen-bond acceptors (Lipinski definition) is 3. The molecule has 3 aromatic rings. The summed E-state index contributed by atoms with van der Waals surface area (Å²) in [5, 5.41) is 5.83. The molecule has 0 saturated heterocycles. The summed E-state index contributed by atoms with van der Waals surface area (Å²) in [7, 11) is 0.622. The van der Waals surface area contributed by atoms with Crippen LogP contribution in [0.1, 0.15) is 23.6 Å². The number of ether oxygens (including phenoxy) is 1. The molecule has 2 N–H and O–H groups in total. The van der Waals surface area contributed by atoms with Crippen molar-refractivity contribution in [1.29, 1.82) is 0 Å². The quantitative estimate of drug-likeness (QED) is 0.501. The lowest BCUT2D eigenvalue weighted by molar-refractivity contribution is 0.249. The van der Waals surface area contributed by atoms with Gasteiger partial charge in [-0.05, 0) is 54.3 Å². The molecule has 2 unspecified atom stereocenters. The van der Waals surface area contributed by atoms with Gasteiger partial charge in [-0.1, -0.05) is 54.6 Å². The number of carbonyl (C=O) groups is 1. The Morgan fingerprint density at radius 2 is 1.58 bits per heavy atom. The van der Waals surface area contributed by atoms with Crippen LogP contribution in [0.5, 0.6) is 5.75 Å². The normalized spacial score (nSPS) is 12.6. The van der Waals surface area contributed by atoms with Crippen molar-refractivity contribution >= 4 is 22.5 Å². The largest absolute Gasteiger partial charge is 0.497 e. The Bertz CT molecular complexity index is 1020. The molecular formula is C25H28N2O3S. The van der Waals surface area contributed by atoms with Gasteiger partial charge in [-0.15, -0.1) is 0 Å². The monoisotopic (exact) mass is 436 g/mol. The van der Waals surface area contributed by atoms with Gasteiger partial charge in [0.05, 0.1) is 7.11 Å². The third kappa shape index (κ3) is 7.57. The van der Waals surface area contributed by atoms with E-state index in [1.165, 1.54) is 0 Å². The lowest BCUT2D eigenvalue weighted by Gasteiger charge is -2.15. The number of amides is 2. The summed E-state index contributed by atoms with van der Waals surface area (Å²) >= 11 is 0. The van der Waals surface area contributed by atoms with Crippen molar-refractivity contribution in [3.8, 4) is 5.75 Å². The first-order chi connectivity index (χ1) is 15.0. The second kappa shape index (κ2) is 11.3. The molecule has 31 heavy (non-hydrogen) atoms. The van der Waals surface area contributed by atoms with Crippen molar-refractivity contribution in [3.05, 3.63) is 95.6 Å². The van der Waals surface area contributed by atoms with Crippen LogP contribution in [0.3, 0.4) is 0 Å². The van der Waals surface area contributed by atoms with Crippen LogP contribution < -0.4 is 15.4 Å². The van der Waals surface area contributed by atoms with Crippen LogP contribution in [-0.4, -0.2) is 23.4 Å². The van der Waals surface area contributed by atoms with Crippen molar-refractivity contribution in [2.24, 2.45) is 0 Å². The second-order valence-corrected chi connectivity index (χ2v) is 8.93. The molecule has 0 aliphatic heterocycles. The SMILES string of the molecule is COc1cccc(CC(C)NC(=O)Nc2cccc(CS(=O)Cc3ccccc3)c2)c1. The van der Waals surface area contributed by atoms with E-state index in [4.69, 9.17) is 4.74 Å². The minimum Gasteiger partial charge on any atom is -0.497 e. The van der Waals surface area contributed by atoms with Crippen LogP contribution in [0.15, 0.2) is 78.9 Å². The van der Waals surface area contributed by atoms with Gasteiger partial charge >= 0.3 is 6.03 Å². The molecule has 3 rings (SSSR count). The molecule has 0 aliphatic rings. The second-order valence-electron chi connectivity index (χ2n) is 7.47. The molecule has 0 spiro atoms. The lowest BCUT2D eigenvalue weighted by atomic mass is 10.1. The number of anilines is 1. The van der Waals surface area contributed by atoms with Gasteiger partial charge in [0.2, 0.25) is 0 Å². The number of nitrogens with one attached hydrogen (secondary N) is 2. The Kier molecular flexibility index (Phi) is 8.24. The van der Waals surface area contributed by atoms with Crippen molar-refractivity contribution in [2.75, 3.05) is 12.4 Å². The highest BCUT2D eigenvalue weighted by Gasteiger charge is 2.10. The van der Waals surface area contributed by atoms with Crippen LogP contribution in [0.2, 0.25) is 0 Å². The van der Waals surface area contributed by atoms with Gasteiger partial charge < -0.3 is 15.4 Å². The zero-order valence-electron chi connectivity index (χ0n) is 17.8. The number of hydrogen-bond donors (Lipinski definition) is 2. The van der Waals surface area contributed by atoms with Gasteiger partial charge in [-0.3, -0.25) is 4.21 Å². The Labute approximate surface area is 186 Å².